The maximum Gasteiger partial charge on any atom is 0.418 e. The first-order chi connectivity index (χ1) is 35.2. The third-order valence-electron chi connectivity index (χ3n) is 16.1. The molecule has 8 heterocycles. The highest BCUT2D eigenvalue weighted by atomic mass is 19.4. The number of amides is 4. The van der Waals surface area contributed by atoms with Gasteiger partial charge in [-0.25, -0.2) is 4.79 Å². The van der Waals surface area contributed by atoms with Gasteiger partial charge < -0.3 is 24.2 Å². The number of hydrogen-bond donors (Lipinski definition) is 1. The zero-order chi connectivity index (χ0) is 50.7. The van der Waals surface area contributed by atoms with Gasteiger partial charge in [0, 0.05) is 107 Å². The fourth-order valence-corrected chi connectivity index (χ4v) is 11.9. The molecule has 19 heteroatoms. The molecule has 0 aliphatic carbocycles. The molecule has 0 saturated carbocycles. The molecule has 0 spiro atoms. The molecule has 4 fully saturated rings. The van der Waals surface area contributed by atoms with E-state index < -0.39 is 29.4 Å². The Labute approximate surface area is 420 Å². The van der Waals surface area contributed by atoms with E-state index in [0.717, 1.165) is 97.7 Å². The number of nitrogens with zero attached hydrogens (tertiary/aromatic N) is 10. The molecular weight excluding hydrogens is 940 g/mol. The fourth-order valence-electron chi connectivity index (χ4n) is 11.9. The third-order valence-corrected chi connectivity index (χ3v) is 16.1. The normalized spacial score (nSPS) is 20.0. The van der Waals surface area contributed by atoms with Gasteiger partial charge >= 0.3 is 11.9 Å². The van der Waals surface area contributed by atoms with Crippen LogP contribution in [0.15, 0.2) is 96.3 Å². The van der Waals surface area contributed by atoms with Crippen molar-refractivity contribution < 1.29 is 32.3 Å². The minimum Gasteiger partial charge on any atom is -0.368 e. The molecule has 4 amide bonds. The quantitative estimate of drug-likeness (QED) is 0.156. The lowest BCUT2D eigenvalue weighted by atomic mass is 9.78. The summed E-state index contributed by atoms with van der Waals surface area (Å²) in [5.41, 5.74) is 4.36. The largest absolute Gasteiger partial charge is 0.418 e. The van der Waals surface area contributed by atoms with E-state index in [-0.39, 0.29) is 35.6 Å². The van der Waals surface area contributed by atoms with E-state index in [0.29, 0.717) is 66.8 Å². The number of aromatic nitrogens is 5. The first-order valence-electron chi connectivity index (χ1n) is 25.3. The van der Waals surface area contributed by atoms with Crippen LogP contribution < -0.4 is 20.8 Å². The Morgan fingerprint density at radius 1 is 0.781 bits per heavy atom. The number of anilines is 2. The van der Waals surface area contributed by atoms with Crippen LogP contribution in [0, 0.1) is 11.8 Å². The number of piperidine rings is 3. The molecule has 380 valence electrons. The van der Waals surface area contributed by atoms with Crippen LogP contribution in [0.2, 0.25) is 0 Å². The standard InChI is InChI=1S/C54H58F3N11O5/c1-34(49-60-58-33-61(49)2)39-4-3-5-43(27-39)66-32-47-45(54(55,56)57)26-35(30-68(47)53(66)73)29-62-18-14-36(15-19-62)37-16-20-65(21-17-37)51(71)38-6-8-41(9-7-38)63-22-24-64(25-23-63)42-10-11-44-40(28-42)31-67(52(44)72)46-12-13-48(69)59-50(46)70/h3-11,26-28,30,32-34,36-37,46H,12-25,29,31H2,1-2H3,(H,59,69,70)/t34-,46?/m1/s1. The Balaban J connectivity index is 0.656. The van der Waals surface area contributed by atoms with E-state index in [1.807, 2.05) is 72.0 Å². The topological polar surface area (TPSA) is 154 Å². The summed E-state index contributed by atoms with van der Waals surface area (Å²) >= 11 is 0. The summed E-state index contributed by atoms with van der Waals surface area (Å²) in [6, 6.07) is 21.5. The predicted molar refractivity (Wildman–Crippen MR) is 266 cm³/mol. The summed E-state index contributed by atoms with van der Waals surface area (Å²) in [6.45, 7) is 8.55. The van der Waals surface area contributed by atoms with E-state index in [2.05, 4.69) is 30.2 Å². The van der Waals surface area contributed by atoms with Gasteiger partial charge in [-0.2, -0.15) is 13.2 Å². The first-order valence-corrected chi connectivity index (χ1v) is 25.3. The molecule has 6 aromatic rings. The number of alkyl halides is 3. The second kappa shape index (κ2) is 19.3. The second-order valence-electron chi connectivity index (χ2n) is 20.4. The number of fused-ring (bicyclic) bond motifs is 2. The van der Waals surface area contributed by atoms with Crippen molar-refractivity contribution in [3.63, 3.8) is 0 Å². The molecule has 1 N–H and O–H groups in total. The number of imide groups is 1. The summed E-state index contributed by atoms with van der Waals surface area (Å²) < 4.78 is 48.2. The molecule has 11 rings (SSSR count). The zero-order valence-electron chi connectivity index (χ0n) is 40.9. The van der Waals surface area contributed by atoms with Crippen molar-refractivity contribution >= 4 is 40.5 Å². The van der Waals surface area contributed by atoms with E-state index >= 15 is 0 Å². The maximum atomic E-state index is 14.6. The average Bonchev–Trinajstić information content (AvgIpc) is 4.09. The third kappa shape index (κ3) is 9.38. The number of carbonyl (C=O) groups excluding carboxylic acids is 4. The highest BCUT2D eigenvalue weighted by Crippen LogP contribution is 2.37. The first kappa shape index (κ1) is 48.0. The van der Waals surface area contributed by atoms with Crippen molar-refractivity contribution in [1.29, 1.82) is 0 Å². The van der Waals surface area contributed by atoms with Crippen LogP contribution >= 0.6 is 0 Å². The molecule has 5 aliphatic rings. The van der Waals surface area contributed by atoms with Crippen molar-refractivity contribution in [2.45, 2.75) is 76.7 Å². The fraction of sp³-hybridized carbons (Fsp3) is 0.426. The van der Waals surface area contributed by atoms with Crippen molar-refractivity contribution in [2.24, 2.45) is 18.9 Å². The lowest BCUT2D eigenvalue weighted by Crippen LogP contribution is -2.52. The van der Waals surface area contributed by atoms with Crippen LogP contribution in [0.5, 0.6) is 0 Å². The highest BCUT2D eigenvalue weighted by molar-refractivity contribution is 6.05. The number of halogens is 3. The van der Waals surface area contributed by atoms with Gasteiger partial charge in [0.2, 0.25) is 11.8 Å². The molecule has 0 radical (unpaired) electrons. The lowest BCUT2D eigenvalue weighted by molar-refractivity contribution is -0.137. The molecule has 3 aromatic carbocycles. The molecule has 2 atom stereocenters. The lowest BCUT2D eigenvalue weighted by Gasteiger charge is -2.40. The average molecular weight is 998 g/mol. The van der Waals surface area contributed by atoms with Crippen molar-refractivity contribution in [3.8, 4) is 5.69 Å². The molecule has 0 bridgehead atoms. The number of piperazine rings is 1. The summed E-state index contributed by atoms with van der Waals surface area (Å²) in [6.07, 6.45) is 3.97. The predicted octanol–water partition coefficient (Wildman–Crippen LogP) is 6.24. The Morgan fingerprint density at radius 2 is 1.47 bits per heavy atom. The highest BCUT2D eigenvalue weighted by Gasteiger charge is 2.40. The van der Waals surface area contributed by atoms with E-state index in [1.54, 1.807) is 35.6 Å². The number of rotatable bonds is 10. The molecule has 5 aliphatic heterocycles. The van der Waals surface area contributed by atoms with E-state index in [1.165, 1.54) is 16.8 Å². The Hall–Kier alpha value is -7.28. The van der Waals surface area contributed by atoms with Gasteiger partial charge in [-0.3, -0.25) is 38.4 Å². The van der Waals surface area contributed by atoms with E-state index in [4.69, 9.17) is 0 Å². The van der Waals surface area contributed by atoms with Gasteiger partial charge in [-0.15, -0.1) is 10.2 Å². The number of benzene rings is 3. The smallest absolute Gasteiger partial charge is 0.368 e. The van der Waals surface area contributed by atoms with Crippen molar-refractivity contribution in [3.05, 3.63) is 141 Å². The molecule has 1 unspecified atom stereocenters. The van der Waals surface area contributed by atoms with Crippen LogP contribution in [0.25, 0.3) is 11.2 Å². The number of pyridine rings is 1. The van der Waals surface area contributed by atoms with Crippen LogP contribution in [-0.2, 0) is 35.9 Å². The van der Waals surface area contributed by atoms with Gasteiger partial charge in [0.05, 0.1) is 16.8 Å². The molecule has 4 saturated heterocycles. The summed E-state index contributed by atoms with van der Waals surface area (Å²) in [5.74, 6) is 0.617. The molecule has 3 aromatic heterocycles. The SMILES string of the molecule is C[C@H](c1cccc(-n2cc3c(C(F)(F)F)cc(CN4CCC(C5CCN(C(=O)c6ccc(N7CCN(c8ccc9c(c8)CN(C8CCC(=O)NC8=O)C9=O)CC7)cc6)CC5)CC4)cn3c2=O)c1)c1nncn1C. The number of carbonyl (C=O) groups is 4. The minimum absolute atomic E-state index is 0.0296. The number of hydrogen-bond acceptors (Lipinski definition) is 10. The van der Waals surface area contributed by atoms with Gasteiger partial charge in [-0.1, -0.05) is 19.1 Å². The van der Waals surface area contributed by atoms with Crippen LogP contribution in [0.4, 0.5) is 24.5 Å². The Bertz CT molecular complexity index is 3160. The number of nitrogens with one attached hydrogen (secondary N) is 1. The number of imidazole rings is 1. The Morgan fingerprint density at radius 3 is 2.14 bits per heavy atom. The van der Waals surface area contributed by atoms with Crippen LogP contribution in [0.1, 0.15) is 100 Å². The number of likely N-dealkylation sites (tertiary alicyclic amines) is 2. The van der Waals surface area contributed by atoms with Gasteiger partial charge in [-0.05, 0) is 134 Å². The summed E-state index contributed by atoms with van der Waals surface area (Å²) in [7, 11) is 1.84. The maximum absolute atomic E-state index is 14.6. The Kier molecular flexibility index (Phi) is 12.7. The van der Waals surface area contributed by atoms with E-state index in [9.17, 15) is 37.1 Å². The van der Waals surface area contributed by atoms with Crippen LogP contribution in [0.3, 0.4) is 0 Å². The molecule has 16 nitrogen and oxygen atoms in total. The second-order valence-corrected chi connectivity index (χ2v) is 20.4. The van der Waals surface area contributed by atoms with Crippen molar-refractivity contribution in [1.82, 2.24) is 43.7 Å². The minimum atomic E-state index is -4.67. The molecular formula is C54H58F3N11O5. The van der Waals surface area contributed by atoms with Gasteiger partial charge in [0.1, 0.15) is 18.2 Å². The molecule has 73 heavy (non-hydrogen) atoms. The van der Waals surface area contributed by atoms with Crippen LogP contribution in [-0.4, -0.2) is 120 Å². The van der Waals surface area contributed by atoms with Gasteiger partial charge in [0.25, 0.3) is 11.8 Å². The van der Waals surface area contributed by atoms with Gasteiger partial charge in [0.15, 0.2) is 0 Å². The van der Waals surface area contributed by atoms with Crippen molar-refractivity contribution in [2.75, 3.05) is 62.2 Å². The summed E-state index contributed by atoms with van der Waals surface area (Å²) in [5, 5.41) is 10.5. The number of aryl methyl sites for hydroxylation is 1. The monoisotopic (exact) mass is 997 g/mol. The summed E-state index contributed by atoms with van der Waals surface area (Å²) in [4.78, 5) is 75.2. The zero-order valence-corrected chi connectivity index (χ0v) is 40.9.